The van der Waals surface area contributed by atoms with Crippen molar-refractivity contribution in [1.82, 2.24) is 0 Å². The second kappa shape index (κ2) is 104. The molecule has 0 heterocycles. The molecule has 0 unspecified atom stereocenters. The molecule has 10 aliphatic carbocycles. The van der Waals surface area contributed by atoms with Crippen LogP contribution < -0.4 is 0 Å². The van der Waals surface area contributed by atoms with Gasteiger partial charge < -0.3 is 0 Å². The van der Waals surface area contributed by atoms with E-state index in [0.29, 0.717) is 0 Å². The lowest BCUT2D eigenvalue weighted by Gasteiger charge is -2.05. The summed E-state index contributed by atoms with van der Waals surface area (Å²) >= 11 is 0. The zero-order valence-electron chi connectivity index (χ0n) is 50.1. The Kier molecular flexibility index (Phi) is 138. The van der Waals surface area contributed by atoms with E-state index in [1.54, 1.807) is 0 Å². The van der Waals surface area contributed by atoms with Crippen LogP contribution >= 0.6 is 0 Å². The van der Waals surface area contributed by atoms with Crippen LogP contribution in [0.4, 0.5) is 0 Å². The minimum Gasteiger partial charge on any atom is -0.0683 e. The first-order valence-electron chi connectivity index (χ1n) is 30.9. The lowest BCUT2D eigenvalue weighted by atomic mass is 10.0. The van der Waals surface area contributed by atoms with E-state index in [-0.39, 0.29) is 0 Å². The predicted octanol–water partition coefficient (Wildman–Crippen LogP) is 26.5. The lowest BCUT2D eigenvalue weighted by molar-refractivity contribution is 0.504. The first kappa shape index (κ1) is 83.0. The maximum Gasteiger partial charge on any atom is -0.0500 e. The van der Waals surface area contributed by atoms with Crippen molar-refractivity contribution in [1.29, 1.82) is 0 Å². The molecular weight excluding hydrogens is 757 g/mol. The fourth-order valence-corrected chi connectivity index (χ4v) is 2.50. The van der Waals surface area contributed by atoms with Crippen LogP contribution in [-0.4, -0.2) is 0 Å². The highest BCUT2D eigenvalue weighted by Crippen LogP contribution is 2.18. The Morgan fingerprint density at radius 3 is 0.175 bits per heavy atom. The van der Waals surface area contributed by atoms with Crippen molar-refractivity contribution in [3.05, 3.63) is 0 Å². The Labute approximate surface area is 411 Å². The average molecular weight is 902 g/mol. The number of rotatable bonds is 0. The summed E-state index contributed by atoms with van der Waals surface area (Å²) in [6, 6.07) is 0. The maximum absolute atomic E-state index is 2.17. The molecule has 0 amide bonds. The summed E-state index contributed by atoms with van der Waals surface area (Å²) in [5.41, 5.74) is 0. The number of hydrogen-bond acceptors (Lipinski definition) is 0. The molecule has 0 nitrogen and oxygen atoms in total. The Balaban J connectivity index is -0.0000000703. The monoisotopic (exact) mass is 901 g/mol. The number of hydrogen-bond donors (Lipinski definition) is 0. The maximum atomic E-state index is 2.17. The molecule has 0 bridgehead atoms. The van der Waals surface area contributed by atoms with Gasteiger partial charge in [0.25, 0.3) is 0 Å². The van der Waals surface area contributed by atoms with Gasteiger partial charge in [-0.05, 0) is 11.8 Å². The predicted molar refractivity (Wildman–Crippen MR) is 310 cm³/mol. The van der Waals surface area contributed by atoms with Crippen molar-refractivity contribution in [2.45, 2.75) is 402 Å². The Morgan fingerprint density at radius 2 is 0.175 bits per heavy atom. The van der Waals surface area contributed by atoms with Crippen molar-refractivity contribution in [2.75, 3.05) is 0 Å². The summed E-state index contributed by atoms with van der Waals surface area (Å²) in [4.78, 5) is 0. The zero-order chi connectivity index (χ0) is 50.1. The molecule has 0 atom stereocenters. The van der Waals surface area contributed by atoms with E-state index < -0.39 is 0 Å². The van der Waals surface area contributed by atoms with E-state index in [9.17, 15) is 0 Å². The second-order valence-electron chi connectivity index (χ2n) is 18.3. The van der Waals surface area contributed by atoms with Gasteiger partial charge in [-0.25, -0.2) is 0 Å². The van der Waals surface area contributed by atoms with Crippen molar-refractivity contribution in [3.63, 3.8) is 0 Å². The molecule has 0 aromatic carbocycles. The van der Waals surface area contributed by atoms with Crippen LogP contribution in [0, 0.1) is 11.8 Å². The van der Waals surface area contributed by atoms with Crippen LogP contribution in [-0.2, 0) is 0 Å². The minimum absolute atomic E-state index is 0.833. The van der Waals surface area contributed by atoms with Crippen LogP contribution in [0.15, 0.2) is 0 Å². The first-order valence-corrected chi connectivity index (χ1v) is 30.9. The van der Waals surface area contributed by atoms with Gasteiger partial charge in [0, 0.05) is 0 Å². The highest BCUT2D eigenvalue weighted by atomic mass is 14.0. The van der Waals surface area contributed by atoms with E-state index in [1.165, 1.54) is 263 Å². The van der Waals surface area contributed by atoms with E-state index in [2.05, 4.69) is 55.4 Å². The third-order valence-electron chi connectivity index (χ3n) is 10.00. The zero-order valence-corrected chi connectivity index (χ0v) is 50.1. The van der Waals surface area contributed by atoms with Gasteiger partial charge in [-0.3, -0.25) is 0 Å². The van der Waals surface area contributed by atoms with Gasteiger partial charge in [0.15, 0.2) is 0 Å². The van der Waals surface area contributed by atoms with Crippen LogP contribution in [0.2, 0.25) is 0 Å². The average Bonchev–Trinajstić information content (AvgIpc) is 2.99. The van der Waals surface area contributed by atoms with Crippen molar-refractivity contribution in [3.8, 4) is 0 Å². The Morgan fingerprint density at radius 1 is 0.159 bits per heavy atom. The third-order valence-corrected chi connectivity index (χ3v) is 10.00. The van der Waals surface area contributed by atoms with Crippen LogP contribution in [0.3, 0.4) is 0 Å². The van der Waals surface area contributed by atoms with Gasteiger partial charge in [-0.15, -0.1) is 0 Å². The third kappa shape index (κ3) is 140. The highest BCUT2D eigenvalue weighted by molar-refractivity contribution is 4.54. The first-order chi connectivity index (χ1) is 30.9. The molecular formula is C63H144. The molecule has 0 saturated heterocycles. The SMILES string of the molecule is C1CCC1.C1CCC1.C1CCC1.C1CCC1.C1CCC1.C1CCC1.C1CCC1.C1CCC1.C1CCC1.C1CCC1.CC.CC.CC.CC.CC.CC.CC(C)C.CC(C)C.CCC. The fourth-order valence-electron chi connectivity index (χ4n) is 2.50. The van der Waals surface area contributed by atoms with E-state index in [4.69, 9.17) is 0 Å². The van der Waals surface area contributed by atoms with Gasteiger partial charge in [0.1, 0.15) is 0 Å². The standard InChI is InChI=1S/10C4H8.2C4H10.C3H8.6C2H6/c10*1-2-4-3-1;2*1-4(2)3;1-3-2;6*1-2/h10*1-4H2;2*4H,1-3H3;3H2,1-2H3;6*1-2H3. The van der Waals surface area contributed by atoms with Gasteiger partial charge in [0.05, 0.1) is 0 Å². The molecule has 0 radical (unpaired) electrons. The lowest BCUT2D eigenvalue weighted by Crippen LogP contribution is -1.85. The van der Waals surface area contributed by atoms with Crippen molar-refractivity contribution < 1.29 is 0 Å². The molecule has 396 valence electrons. The molecule has 10 fully saturated rings. The largest absolute Gasteiger partial charge is 0.0683 e. The Hall–Kier alpha value is 0. The fraction of sp³-hybridized carbons (Fsp3) is 1.00. The van der Waals surface area contributed by atoms with Gasteiger partial charge >= 0.3 is 0 Å². The van der Waals surface area contributed by atoms with Crippen LogP contribution in [0.5, 0.6) is 0 Å². The smallest absolute Gasteiger partial charge is 0.0500 e. The van der Waals surface area contributed by atoms with Crippen molar-refractivity contribution in [2.24, 2.45) is 11.8 Å². The quantitative estimate of drug-likeness (QED) is 0.227. The molecule has 0 aliphatic heterocycles. The van der Waals surface area contributed by atoms with E-state index in [0.717, 1.165) is 11.8 Å². The molecule has 0 aromatic heterocycles. The summed E-state index contributed by atoms with van der Waals surface area (Å²) in [5.74, 6) is 1.67. The summed E-state index contributed by atoms with van der Waals surface area (Å²) in [6.07, 6.45) is 61.2. The molecule has 0 heteroatoms. The summed E-state index contributed by atoms with van der Waals surface area (Å²) in [7, 11) is 0. The molecule has 0 N–H and O–H groups in total. The normalized spacial score (nSPS) is 17.2. The van der Waals surface area contributed by atoms with Crippen molar-refractivity contribution >= 4 is 0 Å². The summed E-state index contributed by atoms with van der Waals surface area (Å²) in [6.45, 7) is 41.2. The second-order valence-corrected chi connectivity index (χ2v) is 18.3. The topological polar surface area (TPSA) is 0 Å². The van der Waals surface area contributed by atoms with Gasteiger partial charge in [-0.2, -0.15) is 0 Å². The summed E-state index contributed by atoms with van der Waals surface area (Å²) in [5, 5.41) is 0. The molecule has 10 saturated carbocycles. The molecule has 10 aliphatic rings. The van der Waals surface area contributed by atoms with E-state index >= 15 is 0 Å². The Bertz CT molecular complexity index is 294. The molecule has 0 aromatic rings. The molecule has 10 rings (SSSR count). The molecule has 63 heavy (non-hydrogen) atoms. The summed E-state index contributed by atoms with van der Waals surface area (Å²) < 4.78 is 0. The van der Waals surface area contributed by atoms with Gasteiger partial charge in [0.2, 0.25) is 0 Å². The van der Waals surface area contributed by atoms with Crippen LogP contribution in [0.1, 0.15) is 402 Å². The van der Waals surface area contributed by atoms with E-state index in [1.807, 2.05) is 83.1 Å². The minimum atomic E-state index is 0.833. The van der Waals surface area contributed by atoms with Crippen LogP contribution in [0.25, 0.3) is 0 Å². The molecule has 0 spiro atoms. The highest BCUT2D eigenvalue weighted by Gasteiger charge is 1.99. The van der Waals surface area contributed by atoms with Gasteiger partial charge in [-0.1, -0.05) is 402 Å².